The lowest BCUT2D eigenvalue weighted by Crippen LogP contribution is -2.22. The Labute approximate surface area is 171 Å². The fourth-order valence-corrected chi connectivity index (χ4v) is 3.95. The van der Waals surface area contributed by atoms with Gasteiger partial charge in [0.25, 0.3) is 0 Å². The molecule has 0 bridgehead atoms. The summed E-state index contributed by atoms with van der Waals surface area (Å²) in [5.74, 6) is 0.809. The van der Waals surface area contributed by atoms with Crippen LogP contribution in [0.4, 0.5) is 5.69 Å². The number of aryl methyl sites for hydroxylation is 1. The number of anilines is 1. The van der Waals surface area contributed by atoms with Crippen LogP contribution in [-0.4, -0.2) is 20.4 Å². The Hall–Kier alpha value is -3.12. The molecule has 3 aromatic carbocycles. The number of nitrogens with one attached hydrogen (secondary N) is 1. The number of sulfone groups is 1. The Morgan fingerprint density at radius 1 is 1.00 bits per heavy atom. The maximum Gasteiger partial charge on any atom is 0.175 e. The van der Waals surface area contributed by atoms with Crippen molar-refractivity contribution >= 4 is 21.2 Å². The van der Waals surface area contributed by atoms with Crippen molar-refractivity contribution in [1.82, 2.24) is 0 Å². The number of rotatable bonds is 4. The lowest BCUT2D eigenvalue weighted by molar-refractivity contribution is 0.206. The van der Waals surface area contributed by atoms with Crippen LogP contribution >= 0.6 is 0 Å². The average Bonchev–Trinajstić information content (AvgIpc) is 2.72. The van der Waals surface area contributed by atoms with Gasteiger partial charge in [-0.3, -0.25) is 5.43 Å². The predicted octanol–water partition coefficient (Wildman–Crippen LogP) is 4.74. The van der Waals surface area contributed by atoms with Crippen LogP contribution in [0.15, 0.2) is 82.8 Å². The number of hydrogen-bond acceptors (Lipinski definition) is 5. The Morgan fingerprint density at radius 3 is 2.41 bits per heavy atom. The summed E-state index contributed by atoms with van der Waals surface area (Å²) in [4.78, 5) is 0.284. The quantitative estimate of drug-likeness (QED) is 0.636. The van der Waals surface area contributed by atoms with E-state index >= 15 is 0 Å². The minimum Gasteiger partial charge on any atom is -0.485 e. The Kier molecular flexibility index (Phi) is 5.11. The molecule has 4 rings (SSSR count). The van der Waals surface area contributed by atoms with Gasteiger partial charge in [0.15, 0.2) is 9.84 Å². The van der Waals surface area contributed by atoms with E-state index in [2.05, 4.69) is 28.7 Å². The van der Waals surface area contributed by atoms with Crippen molar-refractivity contribution in [3.05, 3.63) is 89.5 Å². The van der Waals surface area contributed by atoms with E-state index in [1.165, 1.54) is 6.26 Å². The molecule has 29 heavy (non-hydrogen) atoms. The van der Waals surface area contributed by atoms with Crippen LogP contribution in [0.5, 0.6) is 5.75 Å². The van der Waals surface area contributed by atoms with Gasteiger partial charge in [-0.15, -0.1) is 0 Å². The van der Waals surface area contributed by atoms with Gasteiger partial charge in [0, 0.05) is 18.2 Å². The number of ether oxygens (including phenoxy) is 1. The highest BCUT2D eigenvalue weighted by Gasteiger charge is 2.26. The smallest absolute Gasteiger partial charge is 0.175 e. The molecule has 0 saturated carbocycles. The van der Waals surface area contributed by atoms with E-state index in [0.717, 1.165) is 33.8 Å². The first-order chi connectivity index (χ1) is 13.9. The van der Waals surface area contributed by atoms with Gasteiger partial charge in [-0.1, -0.05) is 42.0 Å². The number of benzene rings is 3. The molecule has 5 nitrogen and oxygen atoms in total. The Bertz CT molecular complexity index is 1150. The third kappa shape index (κ3) is 4.32. The molecule has 3 aromatic rings. The number of hydrazone groups is 1. The van der Waals surface area contributed by atoms with Crippen molar-refractivity contribution in [2.75, 3.05) is 11.7 Å². The Morgan fingerprint density at radius 2 is 1.72 bits per heavy atom. The number of hydrogen-bond donors (Lipinski definition) is 1. The van der Waals surface area contributed by atoms with E-state index in [4.69, 9.17) is 4.74 Å². The summed E-state index contributed by atoms with van der Waals surface area (Å²) in [6.45, 7) is 2.04. The summed E-state index contributed by atoms with van der Waals surface area (Å²) in [5.41, 5.74) is 7.89. The normalized spacial score (nSPS) is 17.4. The molecule has 0 radical (unpaired) electrons. The largest absolute Gasteiger partial charge is 0.485 e. The van der Waals surface area contributed by atoms with Gasteiger partial charge < -0.3 is 4.74 Å². The summed E-state index contributed by atoms with van der Waals surface area (Å²) in [7, 11) is -3.22. The number of fused-ring (bicyclic) bond motifs is 1. The topological polar surface area (TPSA) is 67.8 Å². The van der Waals surface area contributed by atoms with Crippen molar-refractivity contribution in [2.24, 2.45) is 5.10 Å². The van der Waals surface area contributed by atoms with Gasteiger partial charge in [0.1, 0.15) is 11.9 Å². The lowest BCUT2D eigenvalue weighted by Gasteiger charge is -2.28. The molecule has 1 atom stereocenters. The van der Waals surface area contributed by atoms with Crippen LogP contribution < -0.4 is 10.2 Å². The molecule has 0 fully saturated rings. The van der Waals surface area contributed by atoms with Crippen molar-refractivity contribution in [2.45, 2.75) is 24.3 Å². The fraction of sp³-hybridized carbons (Fsp3) is 0.174. The first-order valence-electron chi connectivity index (χ1n) is 9.35. The van der Waals surface area contributed by atoms with Crippen molar-refractivity contribution in [3.63, 3.8) is 0 Å². The predicted molar refractivity (Wildman–Crippen MR) is 115 cm³/mol. The molecule has 1 unspecified atom stereocenters. The zero-order valence-electron chi connectivity index (χ0n) is 16.3. The van der Waals surface area contributed by atoms with Crippen molar-refractivity contribution in [3.8, 4) is 5.75 Å². The summed E-state index contributed by atoms with van der Waals surface area (Å²) in [5, 5.41) is 4.64. The fourth-order valence-electron chi connectivity index (χ4n) is 3.32. The van der Waals surface area contributed by atoms with Gasteiger partial charge in [-0.05, 0) is 48.9 Å². The van der Waals surface area contributed by atoms with Crippen LogP contribution in [0.1, 0.15) is 29.2 Å². The van der Waals surface area contributed by atoms with Crippen LogP contribution in [0, 0.1) is 6.92 Å². The van der Waals surface area contributed by atoms with Gasteiger partial charge in [-0.2, -0.15) is 5.10 Å². The minimum absolute atomic E-state index is 0.112. The molecular formula is C23H22N2O3S. The van der Waals surface area contributed by atoms with Gasteiger partial charge in [0.05, 0.1) is 16.3 Å². The first-order valence-corrected chi connectivity index (χ1v) is 11.2. The van der Waals surface area contributed by atoms with Crippen molar-refractivity contribution in [1.29, 1.82) is 0 Å². The lowest BCUT2D eigenvalue weighted by atomic mass is 9.94. The third-order valence-electron chi connectivity index (χ3n) is 4.87. The minimum atomic E-state index is -3.22. The molecular weight excluding hydrogens is 384 g/mol. The second kappa shape index (κ2) is 7.72. The van der Waals surface area contributed by atoms with Gasteiger partial charge in [-0.25, -0.2) is 8.42 Å². The SMILES string of the molecule is Cc1ccc2c(c1)/C(=N/Nc1ccc(S(C)(=O)=O)cc1)CC(c1ccccc1)O2. The van der Waals surface area contributed by atoms with Crippen LogP contribution in [0.3, 0.4) is 0 Å². The molecule has 0 amide bonds. The van der Waals surface area contributed by atoms with Crippen LogP contribution in [0.2, 0.25) is 0 Å². The second-order valence-corrected chi connectivity index (χ2v) is 9.20. The highest BCUT2D eigenvalue weighted by Crippen LogP contribution is 2.35. The maximum atomic E-state index is 11.6. The number of nitrogens with zero attached hydrogens (tertiary/aromatic N) is 1. The van der Waals surface area contributed by atoms with E-state index in [1.807, 2.05) is 37.3 Å². The van der Waals surface area contributed by atoms with Crippen LogP contribution in [-0.2, 0) is 9.84 Å². The Balaban J connectivity index is 1.64. The molecule has 0 aromatic heterocycles. The summed E-state index contributed by atoms with van der Waals surface area (Å²) < 4.78 is 29.5. The molecule has 1 heterocycles. The monoisotopic (exact) mass is 406 g/mol. The standard InChI is InChI=1S/C23H22N2O3S/c1-16-8-13-22-20(14-16)21(15-23(28-22)17-6-4-3-5-7-17)25-24-18-9-11-19(12-10-18)29(2,26)27/h3-14,23-24H,15H2,1-2H3/b25-21+. The summed E-state index contributed by atoms with van der Waals surface area (Å²) in [6, 6.07) is 22.8. The first kappa shape index (κ1) is 19.2. The maximum absolute atomic E-state index is 11.6. The van der Waals surface area contributed by atoms with Gasteiger partial charge >= 0.3 is 0 Å². The van der Waals surface area contributed by atoms with Crippen molar-refractivity contribution < 1.29 is 13.2 Å². The van der Waals surface area contributed by atoms with E-state index in [0.29, 0.717) is 6.42 Å². The zero-order valence-corrected chi connectivity index (χ0v) is 17.1. The van der Waals surface area contributed by atoms with E-state index in [1.54, 1.807) is 24.3 Å². The van der Waals surface area contributed by atoms with Gasteiger partial charge in [0.2, 0.25) is 0 Å². The summed E-state index contributed by atoms with van der Waals surface area (Å²) >= 11 is 0. The van der Waals surface area contributed by atoms with Crippen LogP contribution in [0.25, 0.3) is 0 Å². The van der Waals surface area contributed by atoms with E-state index in [-0.39, 0.29) is 11.0 Å². The molecule has 1 aliphatic heterocycles. The molecule has 148 valence electrons. The molecule has 1 aliphatic rings. The highest BCUT2D eigenvalue weighted by molar-refractivity contribution is 7.90. The molecule has 6 heteroatoms. The summed E-state index contributed by atoms with van der Waals surface area (Å²) in [6.07, 6.45) is 1.72. The molecule has 1 N–H and O–H groups in total. The van der Waals surface area contributed by atoms with E-state index < -0.39 is 9.84 Å². The highest BCUT2D eigenvalue weighted by atomic mass is 32.2. The van der Waals surface area contributed by atoms with E-state index in [9.17, 15) is 8.42 Å². The molecule has 0 saturated heterocycles. The molecule has 0 spiro atoms. The average molecular weight is 407 g/mol. The third-order valence-corrected chi connectivity index (χ3v) is 6.00. The second-order valence-electron chi connectivity index (χ2n) is 7.19. The zero-order chi connectivity index (χ0) is 20.4. The molecule has 0 aliphatic carbocycles.